The van der Waals surface area contributed by atoms with E-state index in [2.05, 4.69) is 29.0 Å². The first-order chi connectivity index (χ1) is 12.6. The van der Waals surface area contributed by atoms with Crippen LogP contribution in [-0.2, 0) is 15.1 Å². The average Bonchev–Trinajstić information content (AvgIpc) is 2.91. The Kier molecular flexibility index (Phi) is 5.01. The summed E-state index contributed by atoms with van der Waals surface area (Å²) in [6, 6.07) is 0. The van der Waals surface area contributed by atoms with Gasteiger partial charge in [0.15, 0.2) is 0 Å². The minimum Gasteiger partial charge on any atom is -0.369 e. The van der Waals surface area contributed by atoms with E-state index in [0.717, 1.165) is 31.4 Å². The maximum absolute atomic E-state index is 12.7. The van der Waals surface area contributed by atoms with Crippen molar-refractivity contribution in [2.24, 2.45) is 16.6 Å². The maximum atomic E-state index is 12.7. The van der Waals surface area contributed by atoms with Gasteiger partial charge in [0.1, 0.15) is 0 Å². The highest BCUT2D eigenvalue weighted by atomic mass is 16.2. The number of nitrogens with zero attached hydrogens (tertiary/aromatic N) is 4. The molecule has 2 amide bonds. The predicted molar refractivity (Wildman–Crippen MR) is 102 cm³/mol. The fraction of sp³-hybridized carbons (Fsp3) is 0.700. The van der Waals surface area contributed by atoms with Gasteiger partial charge in [-0.1, -0.05) is 0 Å². The summed E-state index contributed by atoms with van der Waals surface area (Å²) in [7, 11) is 4.18. The summed E-state index contributed by atoms with van der Waals surface area (Å²) >= 11 is 0. The van der Waals surface area contributed by atoms with Gasteiger partial charge in [0, 0.05) is 31.9 Å². The van der Waals surface area contributed by atoms with Gasteiger partial charge in [-0.25, -0.2) is 0 Å². The minimum atomic E-state index is -0.705. The zero-order valence-electron chi connectivity index (χ0n) is 16.9. The van der Waals surface area contributed by atoms with E-state index in [9.17, 15) is 9.59 Å². The standard InChI is InChI=1S/C20H31N5O2/c1-18(2,17(21)27)13-25-14-19(11-16(25)26)5-7-20(8-6-19,24(3)4)15-12-22-9-10-23-15/h9-10,12H,5-8,11,13-14H2,1-4H3,(H2,21,27). The van der Waals surface area contributed by atoms with Crippen molar-refractivity contribution < 1.29 is 9.59 Å². The lowest BCUT2D eigenvalue weighted by atomic mass is 9.65. The van der Waals surface area contributed by atoms with Crippen molar-refractivity contribution in [3.05, 3.63) is 24.3 Å². The molecular formula is C20H31N5O2. The fourth-order valence-corrected chi connectivity index (χ4v) is 4.68. The third-order valence-corrected chi connectivity index (χ3v) is 6.69. The number of nitrogens with two attached hydrogens (primary N) is 1. The number of primary amides is 1. The van der Waals surface area contributed by atoms with Gasteiger partial charge in [0.05, 0.1) is 22.8 Å². The van der Waals surface area contributed by atoms with Crippen molar-refractivity contribution in [2.45, 2.75) is 51.5 Å². The molecule has 0 aromatic carbocycles. The van der Waals surface area contributed by atoms with Crippen LogP contribution in [0, 0.1) is 10.8 Å². The van der Waals surface area contributed by atoms with E-state index in [0.29, 0.717) is 19.5 Å². The zero-order valence-corrected chi connectivity index (χ0v) is 16.9. The van der Waals surface area contributed by atoms with E-state index in [1.807, 2.05) is 11.1 Å². The Morgan fingerprint density at radius 2 is 1.93 bits per heavy atom. The van der Waals surface area contributed by atoms with Gasteiger partial charge in [-0.05, 0) is 59.0 Å². The first kappa shape index (κ1) is 19.7. The number of carbonyl (C=O) groups is 2. The maximum Gasteiger partial charge on any atom is 0.224 e. The Balaban J connectivity index is 1.75. The molecule has 1 aromatic heterocycles. The van der Waals surface area contributed by atoms with Gasteiger partial charge in [-0.3, -0.25) is 24.5 Å². The molecule has 2 fully saturated rings. The van der Waals surface area contributed by atoms with E-state index < -0.39 is 5.41 Å². The fourth-order valence-electron chi connectivity index (χ4n) is 4.68. The lowest BCUT2D eigenvalue weighted by Gasteiger charge is -2.48. The number of amides is 2. The summed E-state index contributed by atoms with van der Waals surface area (Å²) in [6.45, 7) is 4.72. The lowest BCUT2D eigenvalue weighted by Crippen LogP contribution is -2.48. The Morgan fingerprint density at radius 3 is 2.44 bits per heavy atom. The molecule has 2 N–H and O–H groups in total. The molecule has 1 saturated heterocycles. The van der Waals surface area contributed by atoms with E-state index in [4.69, 9.17) is 5.73 Å². The molecule has 3 rings (SSSR count). The summed E-state index contributed by atoms with van der Waals surface area (Å²) in [5.41, 5.74) is 5.65. The Hall–Kier alpha value is -2.02. The summed E-state index contributed by atoms with van der Waals surface area (Å²) in [5, 5.41) is 0. The number of likely N-dealkylation sites (tertiary alicyclic amines) is 1. The predicted octanol–water partition coefficient (Wildman–Crippen LogP) is 1.54. The van der Waals surface area contributed by atoms with E-state index in [1.54, 1.807) is 26.2 Å². The molecule has 0 radical (unpaired) electrons. The Bertz CT molecular complexity index is 708. The Labute approximate surface area is 161 Å². The van der Waals surface area contributed by atoms with Crippen molar-refractivity contribution in [1.82, 2.24) is 19.8 Å². The van der Waals surface area contributed by atoms with Crippen LogP contribution >= 0.6 is 0 Å². The summed E-state index contributed by atoms with van der Waals surface area (Å²) < 4.78 is 0. The third kappa shape index (κ3) is 3.57. The van der Waals surface area contributed by atoms with E-state index >= 15 is 0 Å². The highest BCUT2D eigenvalue weighted by Gasteiger charge is 2.51. The first-order valence-corrected chi connectivity index (χ1v) is 9.62. The average molecular weight is 374 g/mol. The summed E-state index contributed by atoms with van der Waals surface area (Å²) in [6.07, 6.45) is 9.67. The van der Waals surface area contributed by atoms with Crippen LogP contribution in [0.15, 0.2) is 18.6 Å². The van der Waals surface area contributed by atoms with Crippen LogP contribution in [0.1, 0.15) is 51.6 Å². The molecule has 2 aliphatic rings. The topological polar surface area (TPSA) is 92.4 Å². The normalized spacial score (nSPS) is 28.9. The van der Waals surface area contributed by atoms with Crippen LogP contribution in [0.4, 0.5) is 0 Å². The number of hydrogen-bond acceptors (Lipinski definition) is 5. The zero-order chi connectivity index (χ0) is 19.9. The van der Waals surface area contributed by atoms with Gasteiger partial charge >= 0.3 is 0 Å². The summed E-state index contributed by atoms with van der Waals surface area (Å²) in [5.74, 6) is -0.227. The minimum absolute atomic E-state index is 0.00741. The van der Waals surface area contributed by atoms with Crippen LogP contribution in [0.3, 0.4) is 0 Å². The number of aromatic nitrogens is 2. The van der Waals surface area contributed by atoms with Crippen molar-refractivity contribution in [1.29, 1.82) is 0 Å². The van der Waals surface area contributed by atoms with Crippen molar-refractivity contribution in [3.8, 4) is 0 Å². The molecule has 148 valence electrons. The third-order valence-electron chi connectivity index (χ3n) is 6.69. The van der Waals surface area contributed by atoms with Gasteiger partial charge in [0.2, 0.25) is 11.8 Å². The second-order valence-corrected chi connectivity index (χ2v) is 9.19. The van der Waals surface area contributed by atoms with Crippen LogP contribution in [-0.4, -0.2) is 58.8 Å². The number of hydrogen-bond donors (Lipinski definition) is 1. The molecule has 1 aliphatic heterocycles. The molecule has 27 heavy (non-hydrogen) atoms. The van der Waals surface area contributed by atoms with Crippen LogP contribution in [0.25, 0.3) is 0 Å². The van der Waals surface area contributed by atoms with Crippen molar-refractivity contribution >= 4 is 11.8 Å². The molecular weight excluding hydrogens is 342 g/mol. The molecule has 7 nitrogen and oxygen atoms in total. The molecule has 0 bridgehead atoms. The second-order valence-electron chi connectivity index (χ2n) is 9.19. The highest BCUT2D eigenvalue weighted by molar-refractivity contribution is 5.83. The highest BCUT2D eigenvalue weighted by Crippen LogP contribution is 2.51. The molecule has 0 atom stereocenters. The van der Waals surface area contributed by atoms with Gasteiger partial charge in [0.25, 0.3) is 0 Å². The first-order valence-electron chi connectivity index (χ1n) is 9.62. The lowest BCUT2D eigenvalue weighted by molar-refractivity contribution is -0.132. The van der Waals surface area contributed by atoms with Crippen LogP contribution < -0.4 is 5.73 Å². The monoisotopic (exact) mass is 373 g/mol. The van der Waals surface area contributed by atoms with Crippen molar-refractivity contribution in [2.75, 3.05) is 27.2 Å². The number of rotatable bonds is 5. The second kappa shape index (κ2) is 6.86. The van der Waals surface area contributed by atoms with E-state index in [1.165, 1.54) is 0 Å². The summed E-state index contributed by atoms with van der Waals surface area (Å²) in [4.78, 5) is 37.2. The van der Waals surface area contributed by atoms with Crippen LogP contribution in [0.5, 0.6) is 0 Å². The number of carbonyl (C=O) groups excluding carboxylic acids is 2. The molecule has 1 aromatic rings. The largest absolute Gasteiger partial charge is 0.369 e. The van der Waals surface area contributed by atoms with Gasteiger partial charge < -0.3 is 10.6 Å². The van der Waals surface area contributed by atoms with Gasteiger partial charge in [-0.2, -0.15) is 0 Å². The molecule has 7 heteroatoms. The smallest absolute Gasteiger partial charge is 0.224 e. The SMILES string of the molecule is CN(C)C1(c2cnccn2)CCC2(CC1)CC(=O)N(CC(C)(C)C(N)=O)C2. The molecule has 1 spiro atoms. The van der Waals surface area contributed by atoms with Crippen molar-refractivity contribution in [3.63, 3.8) is 0 Å². The quantitative estimate of drug-likeness (QED) is 0.845. The molecule has 1 saturated carbocycles. The van der Waals surface area contributed by atoms with E-state index in [-0.39, 0.29) is 22.8 Å². The molecule has 0 unspecified atom stereocenters. The van der Waals surface area contributed by atoms with Gasteiger partial charge in [-0.15, -0.1) is 0 Å². The molecule has 1 aliphatic carbocycles. The Morgan fingerprint density at radius 1 is 1.26 bits per heavy atom. The molecule has 2 heterocycles. The van der Waals surface area contributed by atoms with Crippen LogP contribution in [0.2, 0.25) is 0 Å².